The highest BCUT2D eigenvalue weighted by Gasteiger charge is 2.37. The van der Waals surface area contributed by atoms with E-state index >= 15 is 0 Å². The van der Waals surface area contributed by atoms with Crippen LogP contribution in [0.4, 0.5) is 0 Å². The Labute approximate surface area is 109 Å². The summed E-state index contributed by atoms with van der Waals surface area (Å²) >= 11 is 0. The van der Waals surface area contributed by atoms with Crippen LogP contribution in [-0.4, -0.2) is 68.2 Å². The second kappa shape index (κ2) is 5.14. The van der Waals surface area contributed by atoms with Gasteiger partial charge in [-0.05, 0) is 6.54 Å². The van der Waals surface area contributed by atoms with Crippen molar-refractivity contribution in [2.45, 2.75) is 25.4 Å². The first-order chi connectivity index (χ1) is 8.58. The number of nitrogens with zero attached hydrogens (tertiary/aromatic N) is 4. The Morgan fingerprint density at radius 1 is 1.33 bits per heavy atom. The van der Waals surface area contributed by atoms with E-state index in [0.717, 1.165) is 44.4 Å². The average Bonchev–Trinajstić information content (AvgIpc) is 2.39. The molecule has 102 valence electrons. The molecular formula is C12H24N6. The molecule has 0 radical (unpaired) electrons. The van der Waals surface area contributed by atoms with Gasteiger partial charge in [0.15, 0.2) is 11.6 Å². The molecule has 1 saturated heterocycles. The van der Waals surface area contributed by atoms with E-state index < -0.39 is 0 Å². The fourth-order valence-corrected chi connectivity index (χ4v) is 2.37. The molecule has 6 heteroatoms. The number of nitrogens with one attached hydrogen (secondary N) is 2. The third kappa shape index (κ3) is 2.58. The summed E-state index contributed by atoms with van der Waals surface area (Å²) in [6.45, 7) is 5.46. The van der Waals surface area contributed by atoms with Gasteiger partial charge in [-0.2, -0.15) is 0 Å². The van der Waals surface area contributed by atoms with Crippen LogP contribution in [0.25, 0.3) is 0 Å². The minimum atomic E-state index is -0.269. The molecule has 2 heterocycles. The molecule has 2 N–H and O–H groups in total. The Bertz CT molecular complexity index is 352. The number of hydrogen-bond donors (Lipinski definition) is 2. The van der Waals surface area contributed by atoms with Gasteiger partial charge in [0.1, 0.15) is 0 Å². The lowest BCUT2D eigenvalue weighted by Crippen LogP contribution is -2.54. The quantitative estimate of drug-likeness (QED) is 0.684. The summed E-state index contributed by atoms with van der Waals surface area (Å²) in [5, 5.41) is 6.30. The Balaban J connectivity index is 2.19. The van der Waals surface area contributed by atoms with Crippen LogP contribution in [0, 0.1) is 0 Å². The highest BCUT2D eigenvalue weighted by atomic mass is 15.4. The molecule has 1 spiro atoms. The van der Waals surface area contributed by atoms with Crippen molar-refractivity contribution in [3.63, 3.8) is 0 Å². The highest BCUT2D eigenvalue weighted by molar-refractivity contribution is 6.00. The van der Waals surface area contributed by atoms with Crippen LogP contribution in [0.2, 0.25) is 0 Å². The maximum absolute atomic E-state index is 4.82. The maximum atomic E-state index is 4.82. The monoisotopic (exact) mass is 252 g/mol. The van der Waals surface area contributed by atoms with Gasteiger partial charge in [0.2, 0.25) is 5.96 Å². The summed E-state index contributed by atoms with van der Waals surface area (Å²) in [5.41, 5.74) is -0.269. The molecule has 0 aliphatic carbocycles. The van der Waals surface area contributed by atoms with Crippen molar-refractivity contribution in [2.24, 2.45) is 9.98 Å². The molecular weight excluding hydrogens is 228 g/mol. The minimum absolute atomic E-state index is 0.269. The lowest BCUT2D eigenvalue weighted by Gasteiger charge is -2.39. The van der Waals surface area contributed by atoms with Gasteiger partial charge in [0.25, 0.3) is 0 Å². The van der Waals surface area contributed by atoms with E-state index in [9.17, 15) is 0 Å². The third-order valence-electron chi connectivity index (χ3n) is 3.63. The maximum Gasteiger partial charge on any atom is 0.202 e. The van der Waals surface area contributed by atoms with Crippen molar-refractivity contribution >= 4 is 11.9 Å². The molecule has 6 nitrogen and oxygen atoms in total. The largest absolute Gasteiger partial charge is 0.359 e. The predicted molar refractivity (Wildman–Crippen MR) is 74.8 cm³/mol. The van der Waals surface area contributed by atoms with Crippen LogP contribution in [0.15, 0.2) is 9.98 Å². The van der Waals surface area contributed by atoms with Crippen LogP contribution in [0.5, 0.6) is 0 Å². The van der Waals surface area contributed by atoms with Gasteiger partial charge < -0.3 is 15.1 Å². The van der Waals surface area contributed by atoms with E-state index in [0.29, 0.717) is 0 Å². The van der Waals surface area contributed by atoms with E-state index in [-0.39, 0.29) is 5.66 Å². The van der Waals surface area contributed by atoms with E-state index in [4.69, 9.17) is 9.98 Å². The number of likely N-dealkylation sites (tertiary alicyclic amines) is 1. The second-order valence-corrected chi connectivity index (χ2v) is 5.08. The first-order valence-electron chi connectivity index (χ1n) is 6.63. The number of piperidine rings is 1. The van der Waals surface area contributed by atoms with Gasteiger partial charge >= 0.3 is 0 Å². The summed E-state index contributed by atoms with van der Waals surface area (Å²) in [7, 11) is 5.89. The summed E-state index contributed by atoms with van der Waals surface area (Å²) in [6, 6.07) is 0. The average molecular weight is 252 g/mol. The molecule has 0 atom stereocenters. The van der Waals surface area contributed by atoms with Gasteiger partial charge in [0.05, 0.1) is 0 Å². The van der Waals surface area contributed by atoms with Crippen molar-refractivity contribution in [3.05, 3.63) is 0 Å². The molecule has 0 bridgehead atoms. The third-order valence-corrected chi connectivity index (χ3v) is 3.63. The van der Waals surface area contributed by atoms with Gasteiger partial charge in [-0.25, -0.2) is 9.98 Å². The van der Waals surface area contributed by atoms with Crippen molar-refractivity contribution < 1.29 is 0 Å². The Morgan fingerprint density at radius 2 is 2.00 bits per heavy atom. The number of aliphatic imine (C=N–C) groups is 2. The molecule has 2 rings (SSSR count). The Morgan fingerprint density at radius 3 is 2.50 bits per heavy atom. The molecule has 2 aliphatic rings. The lowest BCUT2D eigenvalue weighted by atomic mass is 9.98. The predicted octanol–water partition coefficient (Wildman–Crippen LogP) is -0.105. The zero-order valence-electron chi connectivity index (χ0n) is 11.8. The summed E-state index contributed by atoms with van der Waals surface area (Å²) < 4.78 is 0. The molecule has 18 heavy (non-hydrogen) atoms. The van der Waals surface area contributed by atoms with Gasteiger partial charge in [-0.1, -0.05) is 6.92 Å². The Kier molecular flexibility index (Phi) is 3.75. The number of rotatable bonds is 1. The van der Waals surface area contributed by atoms with Crippen LogP contribution >= 0.6 is 0 Å². The lowest BCUT2D eigenvalue weighted by molar-refractivity contribution is 0.172. The topological polar surface area (TPSA) is 55.3 Å². The van der Waals surface area contributed by atoms with Crippen LogP contribution in [0.1, 0.15) is 19.8 Å². The zero-order valence-corrected chi connectivity index (χ0v) is 11.8. The molecule has 0 aromatic heterocycles. The van der Waals surface area contributed by atoms with Gasteiger partial charge in [-0.3, -0.25) is 5.32 Å². The van der Waals surface area contributed by atoms with Crippen molar-refractivity contribution in [2.75, 3.05) is 40.8 Å². The summed E-state index contributed by atoms with van der Waals surface area (Å²) in [6.07, 6.45) is 1.98. The standard InChI is InChI=1S/C12H24N6/c1-5-18-8-6-12(7-9-18)15-10(13-2)14-11(16-12)17(3)4/h5-9H2,1-4H3,(H2,13,14,15,16). The van der Waals surface area contributed by atoms with Crippen LogP contribution in [0.3, 0.4) is 0 Å². The van der Waals surface area contributed by atoms with E-state index in [1.807, 2.05) is 26.0 Å². The van der Waals surface area contributed by atoms with E-state index in [1.165, 1.54) is 0 Å². The first-order valence-corrected chi connectivity index (χ1v) is 6.63. The molecule has 0 unspecified atom stereocenters. The minimum Gasteiger partial charge on any atom is -0.359 e. The normalized spacial score (nSPS) is 23.1. The van der Waals surface area contributed by atoms with Crippen molar-refractivity contribution in [1.29, 1.82) is 0 Å². The van der Waals surface area contributed by atoms with Gasteiger partial charge in [0, 0.05) is 47.1 Å². The summed E-state index contributed by atoms with van der Waals surface area (Å²) in [5.74, 6) is 1.71. The van der Waals surface area contributed by atoms with Crippen molar-refractivity contribution in [1.82, 2.24) is 20.4 Å². The number of hydrogen-bond acceptors (Lipinski definition) is 6. The fourth-order valence-electron chi connectivity index (χ4n) is 2.37. The van der Waals surface area contributed by atoms with Crippen molar-refractivity contribution in [3.8, 4) is 0 Å². The highest BCUT2D eigenvalue weighted by Crippen LogP contribution is 2.29. The molecule has 2 aliphatic heterocycles. The first kappa shape index (κ1) is 13.1. The smallest absolute Gasteiger partial charge is 0.202 e. The van der Waals surface area contributed by atoms with E-state index in [2.05, 4.69) is 22.5 Å². The summed E-state index contributed by atoms with van der Waals surface area (Å²) in [4.78, 5) is 14.0. The zero-order chi connectivity index (χ0) is 13.2. The van der Waals surface area contributed by atoms with Gasteiger partial charge in [-0.15, -0.1) is 0 Å². The second-order valence-electron chi connectivity index (χ2n) is 5.08. The molecule has 0 saturated carbocycles. The number of guanidine groups is 2. The molecule has 1 fully saturated rings. The Hall–Kier alpha value is -1.30. The van der Waals surface area contributed by atoms with Crippen LogP contribution < -0.4 is 10.6 Å². The fraction of sp³-hybridized carbons (Fsp3) is 0.833. The van der Waals surface area contributed by atoms with E-state index in [1.54, 1.807) is 0 Å². The molecule has 0 aromatic rings. The van der Waals surface area contributed by atoms with Crippen LogP contribution in [-0.2, 0) is 0 Å². The molecule has 0 amide bonds. The molecule has 0 aromatic carbocycles. The SMILES string of the molecule is CCN1CCC2(CC1)N=C(NC)NC(N(C)C)=N2.